The Hall–Kier alpha value is -1.64. The van der Waals surface area contributed by atoms with E-state index in [1.54, 1.807) is 21.3 Å². The fraction of sp³-hybridized carbons (Fsp3) is 0.714. The molecule has 1 unspecified atom stereocenters. The Balaban J connectivity index is 2.90. The van der Waals surface area contributed by atoms with Gasteiger partial charge in [-0.05, 0) is 6.92 Å². The second kappa shape index (κ2) is 10.1. The van der Waals surface area contributed by atoms with Crippen molar-refractivity contribution >= 4 is 17.3 Å². The maximum absolute atomic E-state index is 6.22. The Morgan fingerprint density at radius 2 is 1.77 bits per heavy atom. The normalized spacial score (nSPS) is 12.2. The molecule has 0 bridgehead atoms. The van der Waals surface area contributed by atoms with Gasteiger partial charge in [0.25, 0.3) is 0 Å². The van der Waals surface area contributed by atoms with Gasteiger partial charge in [-0.2, -0.15) is 0 Å². The van der Waals surface area contributed by atoms with Gasteiger partial charge in [-0.25, -0.2) is 9.97 Å². The molecular weight excluding hydrogens is 286 g/mol. The number of hydrogen-bond acceptors (Lipinski definition) is 8. The third-order valence-corrected chi connectivity index (χ3v) is 3.09. The number of hydrogen-bond donors (Lipinski definition) is 2. The summed E-state index contributed by atoms with van der Waals surface area (Å²) in [7, 11) is 4.98. The first-order chi connectivity index (χ1) is 10.6. The summed E-state index contributed by atoms with van der Waals surface area (Å²) < 4.78 is 15.4. The average molecular weight is 313 g/mol. The van der Waals surface area contributed by atoms with Crippen LogP contribution >= 0.6 is 0 Å². The molecule has 0 radical (unpaired) electrons. The minimum Gasteiger partial charge on any atom is -0.393 e. The molecule has 1 rings (SSSR count). The predicted molar refractivity (Wildman–Crippen MR) is 87.4 cm³/mol. The molecule has 126 valence electrons. The zero-order valence-electron chi connectivity index (χ0n) is 13.8. The molecule has 0 aliphatic rings. The van der Waals surface area contributed by atoms with Crippen molar-refractivity contribution in [3.63, 3.8) is 0 Å². The first-order valence-corrected chi connectivity index (χ1v) is 7.22. The number of nitrogen functional groups attached to an aromatic ring is 1. The van der Waals surface area contributed by atoms with Crippen molar-refractivity contribution in [2.75, 3.05) is 70.2 Å². The molecule has 0 amide bonds. The van der Waals surface area contributed by atoms with Crippen LogP contribution in [0.2, 0.25) is 0 Å². The van der Waals surface area contributed by atoms with E-state index in [4.69, 9.17) is 19.9 Å². The molecule has 22 heavy (non-hydrogen) atoms. The van der Waals surface area contributed by atoms with Crippen LogP contribution in [0.5, 0.6) is 0 Å². The lowest BCUT2D eigenvalue weighted by molar-refractivity contribution is 0.190. The number of nitrogens with one attached hydrogen (secondary N) is 1. The number of aromatic nitrogens is 2. The molecule has 3 N–H and O–H groups in total. The minimum absolute atomic E-state index is 0.0986. The highest BCUT2D eigenvalue weighted by atomic mass is 16.5. The first-order valence-electron chi connectivity index (χ1n) is 7.22. The number of methoxy groups -OCH3 is 3. The molecule has 0 saturated carbocycles. The van der Waals surface area contributed by atoms with Gasteiger partial charge in [-0.1, -0.05) is 0 Å². The van der Waals surface area contributed by atoms with Crippen LogP contribution in [-0.4, -0.2) is 70.2 Å². The zero-order valence-corrected chi connectivity index (χ0v) is 13.8. The number of nitrogens with zero attached hydrogens (tertiary/aromatic N) is 3. The Morgan fingerprint density at radius 3 is 2.32 bits per heavy atom. The van der Waals surface area contributed by atoms with Gasteiger partial charge in [0.1, 0.15) is 12.0 Å². The molecule has 0 aliphatic heterocycles. The molecular formula is C14H27N5O3. The van der Waals surface area contributed by atoms with E-state index in [2.05, 4.69) is 15.3 Å². The lowest BCUT2D eigenvalue weighted by Gasteiger charge is -2.25. The van der Waals surface area contributed by atoms with E-state index in [1.807, 2.05) is 11.8 Å². The molecule has 8 heteroatoms. The van der Waals surface area contributed by atoms with Crippen molar-refractivity contribution in [3.8, 4) is 0 Å². The zero-order chi connectivity index (χ0) is 16.4. The summed E-state index contributed by atoms with van der Waals surface area (Å²) >= 11 is 0. The van der Waals surface area contributed by atoms with E-state index in [0.717, 1.165) is 0 Å². The van der Waals surface area contributed by atoms with E-state index in [1.165, 1.54) is 6.33 Å². The maximum Gasteiger partial charge on any atom is 0.157 e. The van der Waals surface area contributed by atoms with Crippen LogP contribution in [0.1, 0.15) is 6.92 Å². The van der Waals surface area contributed by atoms with Crippen LogP contribution in [0.3, 0.4) is 0 Å². The third-order valence-electron chi connectivity index (χ3n) is 3.09. The van der Waals surface area contributed by atoms with Crippen molar-refractivity contribution in [2.24, 2.45) is 0 Å². The molecule has 1 atom stereocenters. The molecule has 1 heterocycles. The van der Waals surface area contributed by atoms with Crippen molar-refractivity contribution in [3.05, 3.63) is 6.33 Å². The SMILES string of the molecule is COCCN(CCOC)c1ncnc(NC(C)COC)c1N. The van der Waals surface area contributed by atoms with Crippen LogP contribution in [0.25, 0.3) is 0 Å². The minimum atomic E-state index is 0.0986. The number of ether oxygens (including phenoxy) is 3. The highest BCUT2D eigenvalue weighted by Crippen LogP contribution is 2.26. The molecule has 0 fully saturated rings. The second-order valence-corrected chi connectivity index (χ2v) is 4.93. The quantitative estimate of drug-likeness (QED) is 0.613. The van der Waals surface area contributed by atoms with Crippen molar-refractivity contribution < 1.29 is 14.2 Å². The van der Waals surface area contributed by atoms with Gasteiger partial charge in [0, 0.05) is 40.5 Å². The van der Waals surface area contributed by atoms with Crippen LogP contribution < -0.4 is 16.0 Å². The summed E-state index contributed by atoms with van der Waals surface area (Å²) in [5.74, 6) is 1.28. The lowest BCUT2D eigenvalue weighted by atomic mass is 10.3. The molecule has 1 aromatic heterocycles. The summed E-state index contributed by atoms with van der Waals surface area (Å²) in [4.78, 5) is 10.5. The number of rotatable bonds is 11. The first kappa shape index (κ1) is 18.4. The van der Waals surface area contributed by atoms with Gasteiger partial charge >= 0.3 is 0 Å². The highest BCUT2D eigenvalue weighted by molar-refractivity contribution is 5.75. The summed E-state index contributed by atoms with van der Waals surface area (Å²) in [6.07, 6.45) is 1.50. The third kappa shape index (κ3) is 5.63. The van der Waals surface area contributed by atoms with E-state index in [0.29, 0.717) is 50.2 Å². The Labute approximate surface area is 132 Å². The number of nitrogens with two attached hydrogens (primary N) is 1. The van der Waals surface area contributed by atoms with E-state index >= 15 is 0 Å². The monoisotopic (exact) mass is 313 g/mol. The standard InChI is InChI=1S/C14H27N5O3/c1-11(9-22-4)18-13-12(15)14(17-10-16-13)19(5-7-20-2)6-8-21-3/h10-11H,5-9,15H2,1-4H3,(H,16,17,18). The van der Waals surface area contributed by atoms with Gasteiger partial charge in [0.05, 0.1) is 19.8 Å². The van der Waals surface area contributed by atoms with Crippen LogP contribution in [0.4, 0.5) is 17.3 Å². The summed E-state index contributed by atoms with van der Waals surface area (Å²) in [6, 6.07) is 0.0986. The smallest absolute Gasteiger partial charge is 0.157 e. The van der Waals surface area contributed by atoms with Gasteiger partial charge in [-0.3, -0.25) is 0 Å². The van der Waals surface area contributed by atoms with Crippen molar-refractivity contribution in [1.82, 2.24) is 9.97 Å². The fourth-order valence-electron chi connectivity index (χ4n) is 2.00. The van der Waals surface area contributed by atoms with Gasteiger partial charge in [0.15, 0.2) is 11.6 Å². The molecule has 0 aromatic carbocycles. The van der Waals surface area contributed by atoms with Crippen LogP contribution in [-0.2, 0) is 14.2 Å². The highest BCUT2D eigenvalue weighted by Gasteiger charge is 2.16. The van der Waals surface area contributed by atoms with Crippen molar-refractivity contribution in [1.29, 1.82) is 0 Å². The molecule has 8 nitrogen and oxygen atoms in total. The van der Waals surface area contributed by atoms with Crippen molar-refractivity contribution in [2.45, 2.75) is 13.0 Å². The Bertz CT molecular complexity index is 425. The largest absolute Gasteiger partial charge is 0.393 e. The van der Waals surface area contributed by atoms with E-state index < -0.39 is 0 Å². The summed E-state index contributed by atoms with van der Waals surface area (Å²) in [5, 5.41) is 3.23. The summed E-state index contributed by atoms with van der Waals surface area (Å²) in [5.41, 5.74) is 6.73. The predicted octanol–water partition coefficient (Wildman–Crippen LogP) is 0.605. The summed E-state index contributed by atoms with van der Waals surface area (Å²) in [6.45, 7) is 5.07. The van der Waals surface area contributed by atoms with Gasteiger partial charge in [0.2, 0.25) is 0 Å². The van der Waals surface area contributed by atoms with Gasteiger partial charge < -0.3 is 30.2 Å². The molecule has 1 aromatic rings. The lowest BCUT2D eigenvalue weighted by Crippen LogP contribution is -2.32. The average Bonchev–Trinajstić information content (AvgIpc) is 2.50. The Morgan fingerprint density at radius 1 is 1.14 bits per heavy atom. The number of anilines is 3. The van der Waals surface area contributed by atoms with Crippen LogP contribution in [0.15, 0.2) is 6.33 Å². The second-order valence-electron chi connectivity index (χ2n) is 4.93. The Kier molecular flexibility index (Phi) is 8.49. The van der Waals surface area contributed by atoms with E-state index in [9.17, 15) is 0 Å². The molecule has 0 saturated heterocycles. The fourth-order valence-corrected chi connectivity index (χ4v) is 2.00. The van der Waals surface area contributed by atoms with Crippen LogP contribution in [0, 0.1) is 0 Å². The maximum atomic E-state index is 6.22. The molecule has 0 aliphatic carbocycles. The van der Waals surface area contributed by atoms with E-state index in [-0.39, 0.29) is 6.04 Å². The topological polar surface area (TPSA) is 94.8 Å². The van der Waals surface area contributed by atoms with Gasteiger partial charge in [-0.15, -0.1) is 0 Å². The molecule has 0 spiro atoms.